The summed E-state index contributed by atoms with van der Waals surface area (Å²) in [5.74, 6) is -0.267. The van der Waals surface area contributed by atoms with Gasteiger partial charge in [0.1, 0.15) is 5.75 Å². The molecule has 1 saturated carbocycles. The Kier molecular flexibility index (Phi) is 2.45. The number of benzene rings is 2. The van der Waals surface area contributed by atoms with E-state index in [-0.39, 0.29) is 0 Å². The first-order chi connectivity index (χ1) is 9.76. The van der Waals surface area contributed by atoms with Gasteiger partial charge in [-0.2, -0.15) is 0 Å². The van der Waals surface area contributed by atoms with Crippen LogP contribution in [0, 0.1) is 0 Å². The summed E-state index contributed by atoms with van der Waals surface area (Å²) < 4.78 is 6.01. The van der Waals surface area contributed by atoms with Gasteiger partial charge in [0.25, 0.3) is 0 Å². The quantitative estimate of drug-likeness (QED) is 0.854. The normalized spacial score (nSPS) is 31.2. The molecule has 0 saturated heterocycles. The molecule has 0 bridgehead atoms. The molecular weight excluding hydrogens is 248 g/mol. The smallest absolute Gasteiger partial charge is 0.222 e. The highest BCUT2D eigenvalue weighted by Gasteiger charge is 2.61. The van der Waals surface area contributed by atoms with Gasteiger partial charge in [-0.25, -0.2) is 0 Å². The highest BCUT2D eigenvalue weighted by Crippen LogP contribution is 2.58. The fourth-order valence-electron chi connectivity index (χ4n) is 3.98. The molecule has 2 heteroatoms. The molecule has 1 N–H and O–H groups in total. The standard InChI is InChI=1S/C18H18O2/c19-18-13-7-6-12-17(18,14-8-2-1-3-9-14)15-10-4-5-11-16(15)20-18/h1-5,8-11,19H,6-7,12-13H2/t17-,18+/m0/s1. The Morgan fingerprint density at radius 1 is 0.850 bits per heavy atom. The van der Waals surface area contributed by atoms with Crippen molar-refractivity contribution in [1.29, 1.82) is 0 Å². The zero-order valence-electron chi connectivity index (χ0n) is 11.4. The lowest BCUT2D eigenvalue weighted by molar-refractivity contribution is -0.181. The molecule has 0 spiro atoms. The number of para-hydroxylation sites is 1. The molecule has 2 nitrogen and oxygen atoms in total. The monoisotopic (exact) mass is 266 g/mol. The van der Waals surface area contributed by atoms with E-state index >= 15 is 0 Å². The number of hydrogen-bond acceptors (Lipinski definition) is 2. The SMILES string of the molecule is O[C@@]12CCCC[C@]1(c1ccccc1)c1ccccc1O2. The molecule has 2 aromatic carbocycles. The molecule has 0 amide bonds. The van der Waals surface area contributed by atoms with Crippen LogP contribution in [0.15, 0.2) is 54.6 Å². The minimum atomic E-state index is -1.10. The highest BCUT2D eigenvalue weighted by molar-refractivity contribution is 5.54. The molecule has 1 heterocycles. The lowest BCUT2D eigenvalue weighted by Gasteiger charge is -2.44. The van der Waals surface area contributed by atoms with Gasteiger partial charge >= 0.3 is 0 Å². The first kappa shape index (κ1) is 12.0. The summed E-state index contributed by atoms with van der Waals surface area (Å²) >= 11 is 0. The van der Waals surface area contributed by atoms with Gasteiger partial charge in [0.15, 0.2) is 0 Å². The van der Waals surface area contributed by atoms with Gasteiger partial charge in [-0.1, -0.05) is 55.0 Å². The molecule has 102 valence electrons. The summed E-state index contributed by atoms with van der Waals surface area (Å²) in [4.78, 5) is 0. The van der Waals surface area contributed by atoms with Crippen LogP contribution < -0.4 is 4.74 Å². The fourth-order valence-corrected chi connectivity index (χ4v) is 3.98. The van der Waals surface area contributed by atoms with E-state index in [4.69, 9.17) is 4.74 Å². The predicted octanol–water partition coefficient (Wildman–Crippen LogP) is 3.63. The Morgan fingerprint density at radius 2 is 1.55 bits per heavy atom. The van der Waals surface area contributed by atoms with Gasteiger partial charge in [-0.3, -0.25) is 0 Å². The Labute approximate surface area is 119 Å². The van der Waals surface area contributed by atoms with E-state index in [9.17, 15) is 5.11 Å². The lowest BCUT2D eigenvalue weighted by atomic mass is 9.62. The van der Waals surface area contributed by atoms with Crippen molar-refractivity contribution in [3.05, 3.63) is 65.7 Å². The fraction of sp³-hybridized carbons (Fsp3) is 0.333. The van der Waals surface area contributed by atoms with E-state index in [2.05, 4.69) is 18.2 Å². The Morgan fingerprint density at radius 3 is 2.40 bits per heavy atom. The molecule has 1 aliphatic heterocycles. The maximum atomic E-state index is 11.2. The minimum absolute atomic E-state index is 0.414. The Bertz CT molecular complexity index is 637. The van der Waals surface area contributed by atoms with Crippen LogP contribution in [-0.2, 0) is 5.41 Å². The van der Waals surface area contributed by atoms with Crippen molar-refractivity contribution in [3.63, 3.8) is 0 Å². The first-order valence-electron chi connectivity index (χ1n) is 7.33. The van der Waals surface area contributed by atoms with Crippen molar-refractivity contribution in [1.82, 2.24) is 0 Å². The summed E-state index contributed by atoms with van der Waals surface area (Å²) in [7, 11) is 0. The van der Waals surface area contributed by atoms with E-state index in [0.717, 1.165) is 36.1 Å². The molecule has 0 unspecified atom stereocenters. The summed E-state index contributed by atoms with van der Waals surface area (Å²) in [5.41, 5.74) is 1.88. The zero-order valence-corrected chi connectivity index (χ0v) is 11.4. The second-order valence-electron chi connectivity index (χ2n) is 5.86. The van der Waals surface area contributed by atoms with Crippen LogP contribution in [0.1, 0.15) is 36.8 Å². The van der Waals surface area contributed by atoms with E-state index < -0.39 is 11.2 Å². The van der Waals surface area contributed by atoms with Crippen molar-refractivity contribution >= 4 is 0 Å². The molecule has 2 aliphatic rings. The molecule has 1 fully saturated rings. The van der Waals surface area contributed by atoms with Gasteiger partial charge in [0.2, 0.25) is 5.79 Å². The number of rotatable bonds is 1. The summed E-state index contributed by atoms with van der Waals surface area (Å²) in [6, 6.07) is 18.4. The second-order valence-corrected chi connectivity index (χ2v) is 5.86. The summed E-state index contributed by atoms with van der Waals surface area (Å²) in [5, 5.41) is 11.2. The van der Waals surface area contributed by atoms with Gasteiger partial charge in [0.05, 0.1) is 5.41 Å². The number of hydrogen-bond donors (Lipinski definition) is 1. The third-order valence-electron chi connectivity index (χ3n) is 4.88. The van der Waals surface area contributed by atoms with Gasteiger partial charge < -0.3 is 9.84 Å². The van der Waals surface area contributed by atoms with Crippen molar-refractivity contribution in [2.75, 3.05) is 0 Å². The highest BCUT2D eigenvalue weighted by atomic mass is 16.6. The average Bonchev–Trinajstić information content (AvgIpc) is 2.77. The maximum absolute atomic E-state index is 11.2. The minimum Gasteiger partial charge on any atom is -0.461 e. The van der Waals surface area contributed by atoms with Crippen LogP contribution in [0.2, 0.25) is 0 Å². The van der Waals surface area contributed by atoms with E-state index in [1.807, 2.05) is 36.4 Å². The summed E-state index contributed by atoms with van der Waals surface area (Å²) in [6.45, 7) is 0. The van der Waals surface area contributed by atoms with Gasteiger partial charge in [0, 0.05) is 12.0 Å². The van der Waals surface area contributed by atoms with Crippen LogP contribution in [0.3, 0.4) is 0 Å². The third-order valence-corrected chi connectivity index (χ3v) is 4.88. The van der Waals surface area contributed by atoms with Crippen molar-refractivity contribution in [2.45, 2.75) is 36.9 Å². The second kappa shape index (κ2) is 4.10. The molecule has 0 radical (unpaired) electrons. The lowest BCUT2D eigenvalue weighted by Crippen LogP contribution is -2.54. The maximum Gasteiger partial charge on any atom is 0.222 e. The summed E-state index contributed by atoms with van der Waals surface area (Å²) in [6.07, 6.45) is 3.76. The van der Waals surface area contributed by atoms with E-state index in [1.54, 1.807) is 0 Å². The van der Waals surface area contributed by atoms with Crippen molar-refractivity contribution in [2.24, 2.45) is 0 Å². The largest absolute Gasteiger partial charge is 0.461 e. The van der Waals surface area contributed by atoms with Crippen molar-refractivity contribution < 1.29 is 9.84 Å². The van der Waals surface area contributed by atoms with Crippen LogP contribution in [-0.4, -0.2) is 10.9 Å². The Balaban J connectivity index is 2.01. The van der Waals surface area contributed by atoms with E-state index in [0.29, 0.717) is 6.42 Å². The Hall–Kier alpha value is -1.80. The first-order valence-corrected chi connectivity index (χ1v) is 7.33. The predicted molar refractivity (Wildman–Crippen MR) is 77.7 cm³/mol. The van der Waals surface area contributed by atoms with Crippen LogP contribution in [0.25, 0.3) is 0 Å². The van der Waals surface area contributed by atoms with Crippen LogP contribution in [0.5, 0.6) is 5.75 Å². The molecular formula is C18H18O2. The van der Waals surface area contributed by atoms with Gasteiger partial charge in [-0.05, 0) is 24.5 Å². The van der Waals surface area contributed by atoms with Gasteiger partial charge in [-0.15, -0.1) is 0 Å². The number of aliphatic hydroxyl groups is 1. The zero-order chi connectivity index (χ0) is 13.6. The molecule has 4 rings (SSSR count). The average molecular weight is 266 g/mol. The topological polar surface area (TPSA) is 29.5 Å². The number of ether oxygens (including phenoxy) is 1. The van der Waals surface area contributed by atoms with Crippen LogP contribution >= 0.6 is 0 Å². The molecule has 2 aromatic rings. The van der Waals surface area contributed by atoms with E-state index in [1.165, 1.54) is 0 Å². The number of fused-ring (bicyclic) bond motifs is 3. The molecule has 1 aliphatic carbocycles. The molecule has 2 atom stereocenters. The molecule has 0 aromatic heterocycles. The molecule has 20 heavy (non-hydrogen) atoms. The third kappa shape index (κ3) is 1.37. The van der Waals surface area contributed by atoms with Crippen LogP contribution in [0.4, 0.5) is 0 Å². The van der Waals surface area contributed by atoms with Crippen molar-refractivity contribution in [3.8, 4) is 5.75 Å².